The maximum atomic E-state index is 5.37. The van der Waals surface area contributed by atoms with Gasteiger partial charge in [-0.25, -0.2) is 9.97 Å². The Kier molecular flexibility index (Phi) is 6.29. The molecule has 0 saturated carbocycles. The Hall–Kier alpha value is -4.96. The molecule has 0 unspecified atom stereocenters. The Balaban J connectivity index is 1.66. The van der Waals surface area contributed by atoms with Gasteiger partial charge in [-0.3, -0.25) is 0 Å². The second kappa shape index (κ2) is 10.2. The van der Waals surface area contributed by atoms with E-state index < -0.39 is 0 Å². The van der Waals surface area contributed by atoms with Crippen LogP contribution in [0.15, 0.2) is 133 Å². The predicted octanol–water partition coefficient (Wildman–Crippen LogP) is 8.50. The fourth-order valence-electron chi connectivity index (χ4n) is 4.83. The van der Waals surface area contributed by atoms with E-state index in [-0.39, 0.29) is 0 Å². The monoisotopic (exact) mass is 492 g/mol. The highest BCUT2D eigenvalue weighted by Crippen LogP contribution is 2.40. The maximum absolute atomic E-state index is 5.37. The molecule has 4 heteroatoms. The summed E-state index contributed by atoms with van der Waals surface area (Å²) in [5, 5.41) is 0. The molecule has 0 fully saturated rings. The van der Waals surface area contributed by atoms with Crippen LogP contribution in [-0.4, -0.2) is 24.1 Å². The zero-order valence-corrected chi connectivity index (χ0v) is 21.5. The fourth-order valence-corrected chi connectivity index (χ4v) is 4.83. The zero-order chi connectivity index (χ0) is 25.9. The minimum absolute atomic E-state index is 0.857. The normalized spacial score (nSPS) is 10.9. The van der Waals surface area contributed by atoms with Crippen LogP contribution in [0.2, 0.25) is 0 Å². The molecule has 0 aliphatic carbocycles. The van der Waals surface area contributed by atoms with Gasteiger partial charge in [0.15, 0.2) is 0 Å². The summed E-state index contributed by atoms with van der Waals surface area (Å²) in [5.41, 5.74) is 9.71. The Morgan fingerprint density at radius 2 is 0.711 bits per heavy atom. The topological polar surface area (TPSA) is 32.3 Å². The smallest absolute Gasteiger partial charge is 0.115 e. The van der Waals surface area contributed by atoms with Crippen LogP contribution in [0.25, 0.3) is 33.5 Å². The number of nitrogens with zero attached hydrogens (tertiary/aromatic N) is 4. The summed E-state index contributed by atoms with van der Waals surface area (Å²) in [4.78, 5) is 15.1. The highest BCUT2D eigenvalue weighted by atomic mass is 15.1. The summed E-state index contributed by atoms with van der Waals surface area (Å²) in [5.74, 6) is 0. The van der Waals surface area contributed by atoms with Gasteiger partial charge in [-0.15, -0.1) is 0 Å². The lowest BCUT2D eigenvalue weighted by molar-refractivity contribution is 1.17. The molecule has 0 aliphatic rings. The van der Waals surface area contributed by atoms with Crippen molar-refractivity contribution in [3.8, 4) is 22.5 Å². The van der Waals surface area contributed by atoms with Gasteiger partial charge in [0.1, 0.15) is 11.0 Å². The van der Waals surface area contributed by atoms with Crippen molar-refractivity contribution >= 4 is 33.8 Å². The van der Waals surface area contributed by atoms with Gasteiger partial charge in [0.25, 0.3) is 0 Å². The highest BCUT2D eigenvalue weighted by molar-refractivity contribution is 6.02. The quantitative estimate of drug-likeness (QED) is 0.233. The molecule has 5 aromatic carbocycles. The first-order valence-electron chi connectivity index (χ1n) is 12.7. The lowest BCUT2D eigenvalue weighted by Crippen LogP contribution is -2.14. The largest absolute Gasteiger partial charge is 0.343 e. The van der Waals surface area contributed by atoms with E-state index in [0.717, 1.165) is 56.3 Å². The number of rotatable bonds is 6. The van der Waals surface area contributed by atoms with Crippen LogP contribution in [-0.2, 0) is 0 Å². The molecule has 0 radical (unpaired) electrons. The molecule has 0 aliphatic heterocycles. The average molecular weight is 493 g/mol. The first kappa shape index (κ1) is 23.4. The molecular weight excluding hydrogens is 464 g/mol. The van der Waals surface area contributed by atoms with Crippen molar-refractivity contribution < 1.29 is 0 Å². The average Bonchev–Trinajstić information content (AvgIpc) is 3.01. The second-order valence-electron chi connectivity index (χ2n) is 9.24. The molecule has 0 bridgehead atoms. The van der Waals surface area contributed by atoms with Crippen molar-refractivity contribution in [2.75, 3.05) is 23.9 Å². The van der Waals surface area contributed by atoms with Gasteiger partial charge in [-0.1, -0.05) is 97.1 Å². The lowest BCUT2D eigenvalue weighted by atomic mass is 10.0. The number of benzene rings is 5. The summed E-state index contributed by atoms with van der Waals surface area (Å²) >= 11 is 0. The van der Waals surface area contributed by atoms with E-state index >= 15 is 0 Å². The van der Waals surface area contributed by atoms with Crippen molar-refractivity contribution in [2.45, 2.75) is 0 Å². The standard InChI is InChI=1S/C34H28N4/c1-37(27-19-11-5-12-20-27)29-23-24-30(38(2)28-21-13-6-14-22-28)34-33(29)35-31(25-15-7-3-8-16-25)32(36-34)26-17-9-4-10-18-26/h3-24H,1-2H3. The van der Waals surface area contributed by atoms with Gasteiger partial charge in [0, 0.05) is 36.6 Å². The Morgan fingerprint density at radius 1 is 0.395 bits per heavy atom. The summed E-state index contributed by atoms with van der Waals surface area (Å²) in [6, 6.07) is 45.7. The third kappa shape index (κ3) is 4.37. The number of fused-ring (bicyclic) bond motifs is 1. The molecule has 6 aromatic rings. The second-order valence-corrected chi connectivity index (χ2v) is 9.24. The van der Waals surface area contributed by atoms with Gasteiger partial charge in [-0.2, -0.15) is 0 Å². The molecule has 1 heterocycles. The van der Waals surface area contributed by atoms with E-state index in [4.69, 9.17) is 9.97 Å². The Labute approximate surface area is 223 Å². The van der Waals surface area contributed by atoms with Crippen molar-refractivity contribution in [3.05, 3.63) is 133 Å². The number of anilines is 4. The van der Waals surface area contributed by atoms with Gasteiger partial charge >= 0.3 is 0 Å². The Bertz CT molecular complexity index is 1540. The van der Waals surface area contributed by atoms with Gasteiger partial charge < -0.3 is 9.80 Å². The molecule has 0 saturated heterocycles. The van der Waals surface area contributed by atoms with Crippen LogP contribution in [0.5, 0.6) is 0 Å². The first-order chi connectivity index (χ1) is 18.7. The molecule has 0 atom stereocenters. The molecule has 4 nitrogen and oxygen atoms in total. The summed E-state index contributed by atoms with van der Waals surface area (Å²) in [6.07, 6.45) is 0. The number of para-hydroxylation sites is 2. The summed E-state index contributed by atoms with van der Waals surface area (Å²) in [6.45, 7) is 0. The minimum atomic E-state index is 0.857. The third-order valence-corrected chi connectivity index (χ3v) is 6.88. The zero-order valence-electron chi connectivity index (χ0n) is 21.5. The molecule has 1 aromatic heterocycles. The first-order valence-corrected chi connectivity index (χ1v) is 12.7. The lowest BCUT2D eigenvalue weighted by Gasteiger charge is -2.26. The van der Waals surface area contributed by atoms with Crippen LogP contribution in [0.4, 0.5) is 22.7 Å². The molecule has 184 valence electrons. The van der Waals surface area contributed by atoms with Crippen LogP contribution < -0.4 is 9.80 Å². The van der Waals surface area contributed by atoms with Crippen LogP contribution >= 0.6 is 0 Å². The third-order valence-electron chi connectivity index (χ3n) is 6.88. The van der Waals surface area contributed by atoms with E-state index in [2.05, 4.69) is 109 Å². The number of hydrogen-bond acceptors (Lipinski definition) is 4. The van der Waals surface area contributed by atoms with Gasteiger partial charge in [-0.05, 0) is 36.4 Å². The van der Waals surface area contributed by atoms with Gasteiger partial charge in [0.05, 0.1) is 22.8 Å². The number of aromatic nitrogens is 2. The van der Waals surface area contributed by atoms with Crippen LogP contribution in [0, 0.1) is 0 Å². The van der Waals surface area contributed by atoms with Crippen LogP contribution in [0.1, 0.15) is 0 Å². The summed E-state index contributed by atoms with van der Waals surface area (Å²) in [7, 11) is 4.17. The predicted molar refractivity (Wildman–Crippen MR) is 159 cm³/mol. The highest BCUT2D eigenvalue weighted by Gasteiger charge is 2.21. The number of hydrogen-bond donors (Lipinski definition) is 0. The molecule has 38 heavy (non-hydrogen) atoms. The maximum Gasteiger partial charge on any atom is 0.115 e. The van der Waals surface area contributed by atoms with Gasteiger partial charge in [0.2, 0.25) is 0 Å². The fraction of sp³-hybridized carbons (Fsp3) is 0.0588. The van der Waals surface area contributed by atoms with E-state index in [1.807, 2.05) is 48.5 Å². The van der Waals surface area contributed by atoms with E-state index in [9.17, 15) is 0 Å². The van der Waals surface area contributed by atoms with Crippen molar-refractivity contribution in [2.24, 2.45) is 0 Å². The van der Waals surface area contributed by atoms with E-state index in [1.165, 1.54) is 0 Å². The van der Waals surface area contributed by atoms with Crippen molar-refractivity contribution in [1.29, 1.82) is 0 Å². The molecular formula is C34H28N4. The van der Waals surface area contributed by atoms with E-state index in [1.54, 1.807) is 0 Å². The SMILES string of the molecule is CN(c1ccccc1)c1ccc(N(C)c2ccccc2)c2nc(-c3ccccc3)c(-c3ccccc3)nc12. The Morgan fingerprint density at radius 3 is 1.05 bits per heavy atom. The van der Waals surface area contributed by atoms with Crippen LogP contribution in [0.3, 0.4) is 0 Å². The molecule has 0 N–H and O–H groups in total. The minimum Gasteiger partial charge on any atom is -0.343 e. The van der Waals surface area contributed by atoms with Crippen molar-refractivity contribution in [1.82, 2.24) is 9.97 Å². The summed E-state index contributed by atoms with van der Waals surface area (Å²) < 4.78 is 0. The molecule has 6 rings (SSSR count). The van der Waals surface area contributed by atoms with E-state index in [0.29, 0.717) is 0 Å². The molecule has 0 spiro atoms. The molecule has 0 amide bonds. The van der Waals surface area contributed by atoms with Crippen molar-refractivity contribution in [3.63, 3.8) is 0 Å².